The molecule has 0 aromatic heterocycles. The van der Waals surface area contributed by atoms with Crippen molar-refractivity contribution in [3.8, 4) is 5.75 Å². The van der Waals surface area contributed by atoms with Crippen molar-refractivity contribution in [1.82, 2.24) is 4.72 Å². The van der Waals surface area contributed by atoms with Gasteiger partial charge in [0.15, 0.2) is 0 Å². The van der Waals surface area contributed by atoms with E-state index in [1.807, 2.05) is 54.8 Å². The second kappa shape index (κ2) is 10.9. The Morgan fingerprint density at radius 1 is 1.06 bits per heavy atom. The topological polar surface area (TPSA) is 84.5 Å². The van der Waals surface area contributed by atoms with Crippen LogP contribution >= 0.6 is 23.4 Å². The number of hydrogen-bond acceptors (Lipinski definition) is 5. The van der Waals surface area contributed by atoms with Crippen LogP contribution in [0.3, 0.4) is 0 Å². The highest BCUT2D eigenvalue weighted by Gasteiger charge is 2.27. The first-order valence-electron chi connectivity index (χ1n) is 9.67. The molecule has 0 fully saturated rings. The number of halogens is 1. The van der Waals surface area contributed by atoms with Gasteiger partial charge >= 0.3 is 0 Å². The van der Waals surface area contributed by atoms with Crippen LogP contribution in [0.1, 0.15) is 5.56 Å². The number of ether oxygens (including phenoxy) is 1. The van der Waals surface area contributed by atoms with Crippen molar-refractivity contribution in [3.05, 3.63) is 83.4 Å². The number of carbonyl (C=O) groups is 1. The molecule has 0 unspecified atom stereocenters. The van der Waals surface area contributed by atoms with Crippen LogP contribution in [0.2, 0.25) is 5.02 Å². The third-order valence-electron chi connectivity index (χ3n) is 4.67. The summed E-state index contributed by atoms with van der Waals surface area (Å²) in [6.45, 7) is 0. The van der Waals surface area contributed by atoms with Crippen LogP contribution in [-0.4, -0.2) is 33.7 Å². The Morgan fingerprint density at radius 2 is 1.81 bits per heavy atom. The van der Waals surface area contributed by atoms with Crippen LogP contribution in [0.15, 0.2) is 82.6 Å². The molecule has 0 heterocycles. The number of hydrogen-bond donors (Lipinski definition) is 2. The zero-order chi connectivity index (χ0) is 23.1. The highest BCUT2D eigenvalue weighted by molar-refractivity contribution is 7.98. The molecule has 0 bridgehead atoms. The van der Waals surface area contributed by atoms with E-state index in [9.17, 15) is 13.2 Å². The lowest BCUT2D eigenvalue weighted by atomic mass is 10.1. The molecular formula is C23H23ClN2O4S2. The van der Waals surface area contributed by atoms with Crippen molar-refractivity contribution in [2.45, 2.75) is 22.3 Å². The van der Waals surface area contributed by atoms with Gasteiger partial charge in [0, 0.05) is 10.6 Å². The average molecular weight is 491 g/mol. The predicted molar refractivity (Wildman–Crippen MR) is 129 cm³/mol. The van der Waals surface area contributed by atoms with Crippen molar-refractivity contribution in [2.75, 3.05) is 18.7 Å². The number of amides is 1. The monoisotopic (exact) mass is 490 g/mol. The summed E-state index contributed by atoms with van der Waals surface area (Å²) < 4.78 is 33.7. The standard InChI is InChI=1S/C23H23ClN2O4S2/c1-30-22-12-11-19(15-20(22)24)32(28,29)26-21(13-16-7-4-3-5-8-16)23(27)25-17-9-6-10-18(14-17)31-2/h3-12,14-15,21,26H,13H2,1-2H3,(H,25,27)/t21-/m0/s1. The number of rotatable bonds is 9. The number of sulfonamides is 1. The largest absolute Gasteiger partial charge is 0.495 e. The molecule has 9 heteroatoms. The molecule has 0 saturated carbocycles. The molecule has 6 nitrogen and oxygen atoms in total. The first kappa shape index (κ1) is 24.1. The van der Waals surface area contributed by atoms with Crippen LogP contribution in [0, 0.1) is 0 Å². The highest BCUT2D eigenvalue weighted by Crippen LogP contribution is 2.27. The summed E-state index contributed by atoms with van der Waals surface area (Å²) in [6.07, 6.45) is 2.12. The van der Waals surface area contributed by atoms with Gasteiger partial charge in [0.25, 0.3) is 0 Å². The van der Waals surface area contributed by atoms with Gasteiger partial charge in [0.2, 0.25) is 15.9 Å². The van der Waals surface area contributed by atoms with Gasteiger partial charge in [-0.2, -0.15) is 4.72 Å². The van der Waals surface area contributed by atoms with Gasteiger partial charge in [0.05, 0.1) is 17.0 Å². The average Bonchev–Trinajstić information content (AvgIpc) is 2.79. The molecule has 1 atom stereocenters. The highest BCUT2D eigenvalue weighted by atomic mass is 35.5. The fourth-order valence-corrected chi connectivity index (χ4v) is 5.04. The van der Waals surface area contributed by atoms with Crippen LogP contribution in [0.25, 0.3) is 0 Å². The lowest BCUT2D eigenvalue weighted by molar-refractivity contribution is -0.117. The summed E-state index contributed by atoms with van der Waals surface area (Å²) in [5.74, 6) is -0.104. The van der Waals surface area contributed by atoms with Crippen LogP contribution in [-0.2, 0) is 21.2 Å². The third kappa shape index (κ3) is 6.26. The van der Waals surface area contributed by atoms with E-state index < -0.39 is 22.0 Å². The van der Waals surface area contributed by atoms with E-state index in [0.29, 0.717) is 11.4 Å². The minimum Gasteiger partial charge on any atom is -0.495 e. The number of anilines is 1. The zero-order valence-electron chi connectivity index (χ0n) is 17.5. The third-order valence-corrected chi connectivity index (χ3v) is 7.16. The molecule has 0 radical (unpaired) electrons. The quantitative estimate of drug-likeness (QED) is 0.428. The van der Waals surface area contributed by atoms with Gasteiger partial charge in [0.1, 0.15) is 11.8 Å². The van der Waals surface area contributed by atoms with Crippen LogP contribution < -0.4 is 14.8 Å². The molecule has 168 valence electrons. The number of carbonyl (C=O) groups excluding carboxylic acids is 1. The maximum Gasteiger partial charge on any atom is 0.242 e. The Balaban J connectivity index is 1.88. The van der Waals surface area contributed by atoms with Crippen molar-refractivity contribution >= 4 is 45.0 Å². The molecule has 2 N–H and O–H groups in total. The minimum atomic E-state index is -4.03. The molecule has 3 aromatic carbocycles. The summed E-state index contributed by atoms with van der Waals surface area (Å²) in [5, 5.41) is 2.98. The number of methoxy groups -OCH3 is 1. The Kier molecular flexibility index (Phi) is 8.20. The number of benzene rings is 3. The van der Waals surface area contributed by atoms with Crippen LogP contribution in [0.4, 0.5) is 5.69 Å². The van der Waals surface area contributed by atoms with Gasteiger partial charge < -0.3 is 10.1 Å². The number of nitrogens with one attached hydrogen (secondary N) is 2. The molecule has 32 heavy (non-hydrogen) atoms. The lowest BCUT2D eigenvalue weighted by Crippen LogP contribution is -2.45. The SMILES string of the molecule is COc1ccc(S(=O)(=O)N[C@@H](Cc2ccccc2)C(=O)Nc2cccc(SC)c2)cc1Cl. The molecule has 0 spiro atoms. The summed E-state index contributed by atoms with van der Waals surface area (Å²) in [4.78, 5) is 14.0. The predicted octanol–water partition coefficient (Wildman–Crippen LogP) is 4.60. The molecule has 0 aliphatic heterocycles. The van der Waals surface area contributed by atoms with E-state index in [-0.39, 0.29) is 16.3 Å². The van der Waals surface area contributed by atoms with E-state index in [2.05, 4.69) is 10.0 Å². The summed E-state index contributed by atoms with van der Waals surface area (Å²) in [7, 11) is -2.59. The van der Waals surface area contributed by atoms with Gasteiger partial charge in [-0.25, -0.2) is 8.42 Å². The van der Waals surface area contributed by atoms with Gasteiger partial charge in [-0.05, 0) is 54.6 Å². The molecule has 3 aromatic rings. The zero-order valence-corrected chi connectivity index (χ0v) is 19.9. The van der Waals surface area contributed by atoms with Crippen molar-refractivity contribution in [2.24, 2.45) is 0 Å². The summed E-state index contributed by atoms with van der Waals surface area (Å²) >= 11 is 7.65. The van der Waals surface area contributed by atoms with Crippen molar-refractivity contribution in [3.63, 3.8) is 0 Å². The Morgan fingerprint density at radius 3 is 2.47 bits per heavy atom. The molecule has 1 amide bonds. The minimum absolute atomic E-state index is 0.0569. The second-order valence-corrected chi connectivity index (χ2v) is 9.88. The van der Waals surface area contributed by atoms with E-state index in [0.717, 1.165) is 10.5 Å². The van der Waals surface area contributed by atoms with Crippen molar-refractivity contribution in [1.29, 1.82) is 0 Å². The number of thioether (sulfide) groups is 1. The Bertz CT molecular complexity index is 1190. The van der Waals surface area contributed by atoms with Gasteiger partial charge in [-0.15, -0.1) is 11.8 Å². The maximum absolute atomic E-state index is 13.1. The van der Waals surface area contributed by atoms with E-state index in [4.69, 9.17) is 16.3 Å². The fourth-order valence-electron chi connectivity index (χ4n) is 3.04. The Hall–Kier alpha value is -2.52. The first-order valence-corrected chi connectivity index (χ1v) is 12.8. The molecule has 0 aliphatic carbocycles. The molecule has 3 rings (SSSR count). The Labute approximate surface area is 197 Å². The lowest BCUT2D eigenvalue weighted by Gasteiger charge is -2.19. The van der Waals surface area contributed by atoms with E-state index in [1.54, 1.807) is 17.8 Å². The fraction of sp³-hybridized carbons (Fsp3) is 0.174. The molecule has 0 saturated heterocycles. The van der Waals surface area contributed by atoms with Crippen LogP contribution in [0.5, 0.6) is 5.75 Å². The first-order chi connectivity index (χ1) is 15.3. The second-order valence-electron chi connectivity index (χ2n) is 6.88. The normalized spacial score (nSPS) is 12.2. The molecular weight excluding hydrogens is 468 g/mol. The van der Waals surface area contributed by atoms with E-state index in [1.165, 1.54) is 25.3 Å². The van der Waals surface area contributed by atoms with E-state index >= 15 is 0 Å². The molecule has 0 aliphatic rings. The van der Waals surface area contributed by atoms with Gasteiger partial charge in [-0.1, -0.05) is 48.0 Å². The maximum atomic E-state index is 13.1. The smallest absolute Gasteiger partial charge is 0.242 e. The van der Waals surface area contributed by atoms with Gasteiger partial charge in [-0.3, -0.25) is 4.79 Å². The summed E-state index contributed by atoms with van der Waals surface area (Å²) in [5.41, 5.74) is 1.41. The summed E-state index contributed by atoms with van der Waals surface area (Å²) in [6, 6.07) is 19.7. The van der Waals surface area contributed by atoms with Crippen molar-refractivity contribution < 1.29 is 17.9 Å².